The maximum absolute atomic E-state index is 10.9. The first-order chi connectivity index (χ1) is 19.8. The summed E-state index contributed by atoms with van der Waals surface area (Å²) >= 11 is 0. The van der Waals surface area contributed by atoms with Gasteiger partial charge in [0.1, 0.15) is 85.5 Å². The minimum absolute atomic E-state index is 0.481. The smallest absolute Gasteiger partial charge is 0.187 e. The summed E-state index contributed by atoms with van der Waals surface area (Å²) in [4.78, 5) is 0. The molecular formula is C23H40O19. The molecule has 0 radical (unpaired) electrons. The first-order valence-electron chi connectivity index (χ1n) is 13.4. The van der Waals surface area contributed by atoms with Crippen molar-refractivity contribution in [1.82, 2.24) is 0 Å². The maximum Gasteiger partial charge on any atom is 0.187 e. The summed E-state index contributed by atoms with van der Waals surface area (Å²) < 4.78 is 37.8. The lowest BCUT2D eigenvalue weighted by Gasteiger charge is -2.47. The van der Waals surface area contributed by atoms with Crippen molar-refractivity contribution in [3.63, 3.8) is 0 Å². The molecule has 0 aromatic rings. The molecule has 4 heterocycles. The maximum atomic E-state index is 10.9. The molecule has 4 rings (SSSR count). The fourth-order valence-corrected chi connectivity index (χ4v) is 5.16. The number of aliphatic hydroxyl groups excluding tert-OH is 12. The molecule has 246 valence electrons. The third-order valence-electron chi connectivity index (χ3n) is 7.80. The average Bonchev–Trinajstić information content (AvgIpc) is 2.97. The Morgan fingerprint density at radius 2 is 1.02 bits per heavy atom. The molecule has 0 aliphatic carbocycles. The zero-order valence-corrected chi connectivity index (χ0v) is 22.3. The molecule has 0 aromatic carbocycles. The molecule has 42 heavy (non-hydrogen) atoms. The lowest BCUT2D eigenvalue weighted by Crippen LogP contribution is -2.66. The molecule has 0 bridgehead atoms. The SMILES string of the molecule is C[C@@H]1O[C@@H](O[C@@H]2[C@@H](O)[C@@H](O[C@@H]3O[C@H](CO)[C@@H](O[C@@H]4O[C@H](CO)[C@@H](O)[C@H](O)[C@H]4O)[C@H](O)[C@H]3O)CO[C@@H]2O)[C@H](O)[C@H](O)[C@H]1O. The number of hydrogen-bond donors (Lipinski definition) is 12. The second kappa shape index (κ2) is 14.1. The first kappa shape index (κ1) is 34.1. The molecule has 19 atom stereocenters. The summed E-state index contributed by atoms with van der Waals surface area (Å²) in [5.74, 6) is 0. The van der Waals surface area contributed by atoms with Gasteiger partial charge >= 0.3 is 0 Å². The zero-order valence-electron chi connectivity index (χ0n) is 22.3. The zero-order chi connectivity index (χ0) is 31.0. The van der Waals surface area contributed by atoms with Crippen LogP contribution in [0.1, 0.15) is 6.92 Å². The third-order valence-corrected chi connectivity index (χ3v) is 7.80. The molecule has 4 aliphatic rings. The minimum atomic E-state index is -1.91. The van der Waals surface area contributed by atoms with Gasteiger partial charge in [0.05, 0.1) is 25.9 Å². The number of rotatable bonds is 8. The fraction of sp³-hybridized carbons (Fsp3) is 1.00. The van der Waals surface area contributed by atoms with Crippen LogP contribution in [-0.4, -0.2) is 198 Å². The van der Waals surface area contributed by atoms with Gasteiger partial charge in [-0.3, -0.25) is 0 Å². The second-order valence-electron chi connectivity index (χ2n) is 10.7. The van der Waals surface area contributed by atoms with Gasteiger partial charge in [-0.05, 0) is 6.92 Å². The van der Waals surface area contributed by atoms with Gasteiger partial charge < -0.3 is 94.4 Å². The Labute approximate surface area is 238 Å². The van der Waals surface area contributed by atoms with Gasteiger partial charge in [0.15, 0.2) is 25.2 Å². The van der Waals surface area contributed by atoms with Gasteiger partial charge in [-0.25, -0.2) is 0 Å². The van der Waals surface area contributed by atoms with Crippen molar-refractivity contribution in [2.24, 2.45) is 0 Å². The molecule has 12 N–H and O–H groups in total. The summed E-state index contributed by atoms with van der Waals surface area (Å²) in [5.41, 5.74) is 0. The highest BCUT2D eigenvalue weighted by atomic mass is 16.8. The van der Waals surface area contributed by atoms with Gasteiger partial charge in [-0.2, -0.15) is 0 Å². The first-order valence-corrected chi connectivity index (χ1v) is 13.4. The van der Waals surface area contributed by atoms with E-state index in [0.717, 1.165) is 0 Å². The molecule has 19 heteroatoms. The predicted octanol–water partition coefficient (Wildman–Crippen LogP) is -8.08. The normalized spacial score (nSPS) is 54.1. The van der Waals surface area contributed by atoms with E-state index >= 15 is 0 Å². The van der Waals surface area contributed by atoms with Crippen LogP contribution in [0.4, 0.5) is 0 Å². The fourth-order valence-electron chi connectivity index (χ4n) is 5.16. The van der Waals surface area contributed by atoms with Crippen molar-refractivity contribution in [1.29, 1.82) is 0 Å². The summed E-state index contributed by atoms with van der Waals surface area (Å²) in [6.45, 7) is -0.672. The monoisotopic (exact) mass is 620 g/mol. The lowest BCUT2D eigenvalue weighted by atomic mass is 9.96. The molecule has 0 unspecified atom stereocenters. The minimum Gasteiger partial charge on any atom is -0.394 e. The molecule has 4 saturated heterocycles. The van der Waals surface area contributed by atoms with Gasteiger partial charge in [0, 0.05) is 0 Å². The number of ether oxygens (including phenoxy) is 7. The summed E-state index contributed by atoms with van der Waals surface area (Å²) in [5, 5.41) is 122. The van der Waals surface area contributed by atoms with Crippen molar-refractivity contribution < 1.29 is 94.4 Å². The van der Waals surface area contributed by atoms with Crippen molar-refractivity contribution in [2.45, 2.75) is 124 Å². The van der Waals surface area contributed by atoms with E-state index in [1.54, 1.807) is 0 Å². The van der Waals surface area contributed by atoms with Crippen LogP contribution in [0.15, 0.2) is 0 Å². The van der Waals surface area contributed by atoms with Crippen molar-refractivity contribution >= 4 is 0 Å². The number of aliphatic hydroxyl groups is 12. The topological polar surface area (TPSA) is 307 Å². The standard InChI is InChI=1S/C23H40O19/c1-5-9(26)12(29)15(32)21(37-5)42-19-11(28)8(4-36-20(19)35)40-22-17(34)14(31)18(7(3-25)39-22)41-23-16(33)13(30)10(27)6(2-24)38-23/h5-35H,2-4H2,1H3/t5-,6+,7+,8-,9-,10+,11-,12+,13-,14+,15+,16+,17+,18+,19+,20-,21-,22-,23-/m0/s1. The predicted molar refractivity (Wildman–Crippen MR) is 126 cm³/mol. The molecular weight excluding hydrogens is 580 g/mol. The molecule has 0 spiro atoms. The van der Waals surface area contributed by atoms with Crippen molar-refractivity contribution in [3.8, 4) is 0 Å². The Balaban J connectivity index is 1.40. The van der Waals surface area contributed by atoms with Gasteiger partial charge in [-0.15, -0.1) is 0 Å². The summed E-state index contributed by atoms with van der Waals surface area (Å²) in [6, 6.07) is 0. The van der Waals surface area contributed by atoms with Crippen LogP contribution >= 0.6 is 0 Å². The van der Waals surface area contributed by atoms with E-state index in [0.29, 0.717) is 0 Å². The van der Waals surface area contributed by atoms with Gasteiger partial charge in [0.25, 0.3) is 0 Å². The van der Waals surface area contributed by atoms with E-state index in [2.05, 4.69) is 0 Å². The Hall–Kier alpha value is -0.760. The van der Waals surface area contributed by atoms with E-state index in [1.807, 2.05) is 0 Å². The molecule has 0 amide bonds. The average molecular weight is 621 g/mol. The van der Waals surface area contributed by atoms with E-state index in [9.17, 15) is 61.3 Å². The van der Waals surface area contributed by atoms with Crippen LogP contribution in [0, 0.1) is 0 Å². The number of hydrogen-bond acceptors (Lipinski definition) is 19. The Morgan fingerprint density at radius 1 is 0.524 bits per heavy atom. The van der Waals surface area contributed by atoms with Crippen LogP contribution in [0.5, 0.6) is 0 Å². The van der Waals surface area contributed by atoms with E-state index in [-0.39, 0.29) is 0 Å². The Kier molecular flexibility index (Phi) is 11.5. The third kappa shape index (κ3) is 6.74. The highest BCUT2D eigenvalue weighted by molar-refractivity contribution is 4.95. The van der Waals surface area contributed by atoms with E-state index < -0.39 is 137 Å². The summed E-state index contributed by atoms with van der Waals surface area (Å²) in [6.07, 6.45) is -30.9. The lowest BCUT2D eigenvalue weighted by molar-refractivity contribution is -0.380. The molecule has 4 aliphatic heterocycles. The molecule has 19 nitrogen and oxygen atoms in total. The van der Waals surface area contributed by atoms with Crippen molar-refractivity contribution in [3.05, 3.63) is 0 Å². The molecule has 4 fully saturated rings. The second-order valence-corrected chi connectivity index (χ2v) is 10.7. The van der Waals surface area contributed by atoms with E-state index in [4.69, 9.17) is 33.2 Å². The molecule has 0 aromatic heterocycles. The van der Waals surface area contributed by atoms with Crippen LogP contribution in [0.3, 0.4) is 0 Å². The highest BCUT2D eigenvalue weighted by Crippen LogP contribution is 2.32. The summed E-state index contributed by atoms with van der Waals surface area (Å²) in [7, 11) is 0. The van der Waals surface area contributed by atoms with Crippen LogP contribution < -0.4 is 0 Å². The van der Waals surface area contributed by atoms with Gasteiger partial charge in [-0.1, -0.05) is 0 Å². The van der Waals surface area contributed by atoms with E-state index in [1.165, 1.54) is 6.92 Å². The Morgan fingerprint density at radius 3 is 1.64 bits per heavy atom. The highest BCUT2D eigenvalue weighted by Gasteiger charge is 2.53. The van der Waals surface area contributed by atoms with Crippen LogP contribution in [-0.2, 0) is 33.2 Å². The van der Waals surface area contributed by atoms with Gasteiger partial charge in [0.2, 0.25) is 0 Å². The quantitative estimate of drug-likeness (QED) is 0.120. The van der Waals surface area contributed by atoms with Crippen LogP contribution in [0.25, 0.3) is 0 Å². The Bertz CT molecular complexity index is 851. The van der Waals surface area contributed by atoms with Crippen molar-refractivity contribution in [2.75, 3.05) is 19.8 Å². The largest absolute Gasteiger partial charge is 0.394 e. The molecule has 0 saturated carbocycles. The van der Waals surface area contributed by atoms with Crippen LogP contribution in [0.2, 0.25) is 0 Å².